The molecule has 0 amide bonds. The largest absolute Gasteiger partial charge is 0.378 e. The van der Waals surface area contributed by atoms with Crippen LogP contribution in [0.3, 0.4) is 0 Å². The summed E-state index contributed by atoms with van der Waals surface area (Å²) in [5.41, 5.74) is 0.634. The molecule has 0 spiro atoms. The quantitative estimate of drug-likeness (QED) is 0.635. The molecular weight excluding hydrogens is 314 g/mol. The number of nitrogens with zero attached hydrogens (tertiary/aromatic N) is 2. The van der Waals surface area contributed by atoms with Gasteiger partial charge in [0.25, 0.3) is 0 Å². The van der Waals surface area contributed by atoms with Crippen LogP contribution in [0.5, 0.6) is 0 Å². The van der Waals surface area contributed by atoms with Gasteiger partial charge in [0.15, 0.2) is 0 Å². The van der Waals surface area contributed by atoms with E-state index in [1.165, 1.54) is 0 Å². The highest BCUT2D eigenvalue weighted by Gasteiger charge is 2.34. The topological polar surface area (TPSA) is 38.9 Å². The van der Waals surface area contributed by atoms with E-state index in [1.807, 2.05) is 18.4 Å². The van der Waals surface area contributed by atoms with Crippen LogP contribution in [0, 0.1) is 0 Å². The third-order valence-corrected chi connectivity index (χ3v) is 3.10. The first-order valence-corrected chi connectivity index (χ1v) is 6.58. The lowest BCUT2D eigenvalue weighted by Gasteiger charge is -1.99. The average molecular weight is 321 g/mol. The first-order valence-electron chi connectivity index (χ1n) is 4.56. The molecule has 90 valence electrons. The van der Waals surface area contributed by atoms with Gasteiger partial charge in [0.05, 0.1) is 0 Å². The number of thioether (sulfide) groups is 1. The molecule has 2 aromatic rings. The van der Waals surface area contributed by atoms with Gasteiger partial charge >= 0.3 is 10.7 Å². The lowest BCUT2D eigenvalue weighted by Crippen LogP contribution is -2.02. The summed E-state index contributed by atoms with van der Waals surface area (Å²) >= 11 is 3.75. The Kier molecular flexibility index (Phi) is 3.48. The lowest BCUT2D eigenvalue weighted by molar-refractivity contribution is 0.0725. The number of hydrogen-bond acceptors (Lipinski definition) is 4. The van der Waals surface area contributed by atoms with Crippen LogP contribution in [0.25, 0.3) is 11.4 Å². The van der Waals surface area contributed by atoms with Crippen LogP contribution in [0.15, 0.2) is 33.7 Å². The van der Waals surface area contributed by atoms with Crippen molar-refractivity contribution < 1.29 is 13.3 Å². The Morgan fingerprint density at radius 1 is 1.29 bits per heavy atom. The number of alkyl halides is 3. The van der Waals surface area contributed by atoms with Crippen LogP contribution in [0.4, 0.5) is 8.78 Å². The number of hydrogen-bond donors (Lipinski definition) is 0. The van der Waals surface area contributed by atoms with Crippen molar-refractivity contribution >= 4 is 27.7 Å². The molecule has 0 unspecified atom stereocenters. The van der Waals surface area contributed by atoms with E-state index in [0.29, 0.717) is 5.56 Å². The molecular formula is C10H7BrF2N2OS. The van der Waals surface area contributed by atoms with Gasteiger partial charge in [0.2, 0.25) is 5.82 Å². The van der Waals surface area contributed by atoms with Crippen molar-refractivity contribution in [2.75, 3.05) is 6.26 Å². The van der Waals surface area contributed by atoms with Gasteiger partial charge in [0.1, 0.15) is 0 Å². The number of benzene rings is 1. The maximum Gasteiger partial charge on any atom is 0.378 e. The van der Waals surface area contributed by atoms with E-state index in [1.54, 1.807) is 23.9 Å². The van der Waals surface area contributed by atoms with E-state index in [9.17, 15) is 8.78 Å². The molecule has 17 heavy (non-hydrogen) atoms. The van der Waals surface area contributed by atoms with Gasteiger partial charge < -0.3 is 4.52 Å². The standard InChI is InChI=1S/C10H7BrF2N2OS/c1-17-7-4-2-6(3-5-7)8-14-9(16-15-8)10(11,12)13/h2-5H,1H3. The highest BCUT2D eigenvalue weighted by atomic mass is 79.9. The smallest absolute Gasteiger partial charge is 0.331 e. The van der Waals surface area contributed by atoms with Gasteiger partial charge in [-0.25, -0.2) is 0 Å². The fraction of sp³-hybridized carbons (Fsp3) is 0.200. The molecule has 0 aliphatic rings. The first kappa shape index (κ1) is 12.5. The van der Waals surface area contributed by atoms with Crippen LogP contribution >= 0.6 is 27.7 Å². The molecule has 1 heterocycles. The zero-order valence-corrected chi connectivity index (χ0v) is 11.1. The Hall–Kier alpha value is -0.950. The predicted octanol–water partition coefficient (Wildman–Crippen LogP) is 3.90. The van der Waals surface area contributed by atoms with Crippen molar-refractivity contribution in [1.82, 2.24) is 10.1 Å². The molecule has 0 saturated heterocycles. The monoisotopic (exact) mass is 320 g/mol. The van der Waals surface area contributed by atoms with Gasteiger partial charge in [-0.3, -0.25) is 0 Å². The minimum Gasteiger partial charge on any atom is -0.331 e. The number of halogens is 3. The van der Waals surface area contributed by atoms with Crippen LogP contribution in [-0.2, 0) is 4.83 Å². The molecule has 7 heteroatoms. The van der Waals surface area contributed by atoms with E-state index in [0.717, 1.165) is 4.90 Å². The molecule has 2 rings (SSSR count). The Labute approximate surface area is 109 Å². The van der Waals surface area contributed by atoms with Crippen LogP contribution in [0.2, 0.25) is 0 Å². The van der Waals surface area contributed by atoms with Crippen molar-refractivity contribution in [3.63, 3.8) is 0 Å². The molecule has 0 fully saturated rings. The fourth-order valence-electron chi connectivity index (χ4n) is 1.20. The minimum absolute atomic E-state index is 0.145. The first-order chi connectivity index (χ1) is 8.00. The van der Waals surface area contributed by atoms with E-state index >= 15 is 0 Å². The summed E-state index contributed by atoms with van der Waals surface area (Å²) in [7, 11) is 0. The Morgan fingerprint density at radius 3 is 2.41 bits per heavy atom. The Morgan fingerprint density at radius 2 is 1.94 bits per heavy atom. The summed E-state index contributed by atoms with van der Waals surface area (Å²) < 4.78 is 30.1. The van der Waals surface area contributed by atoms with Crippen LogP contribution in [-0.4, -0.2) is 16.4 Å². The van der Waals surface area contributed by atoms with E-state index in [-0.39, 0.29) is 5.82 Å². The van der Waals surface area contributed by atoms with Crippen molar-refractivity contribution in [3.05, 3.63) is 30.2 Å². The molecule has 1 aromatic heterocycles. The second kappa shape index (κ2) is 4.73. The molecule has 0 aliphatic carbocycles. The minimum atomic E-state index is -3.29. The Balaban J connectivity index is 2.30. The van der Waals surface area contributed by atoms with Crippen molar-refractivity contribution in [2.24, 2.45) is 0 Å². The third kappa shape index (κ3) is 2.84. The SMILES string of the molecule is CSc1ccc(-c2noc(C(F)(F)Br)n2)cc1. The molecule has 0 radical (unpaired) electrons. The van der Waals surface area contributed by atoms with E-state index in [4.69, 9.17) is 0 Å². The normalized spacial score (nSPS) is 11.8. The van der Waals surface area contributed by atoms with Crippen molar-refractivity contribution in [2.45, 2.75) is 9.73 Å². The molecule has 3 nitrogen and oxygen atoms in total. The van der Waals surface area contributed by atoms with Gasteiger partial charge in [0, 0.05) is 26.4 Å². The van der Waals surface area contributed by atoms with E-state index < -0.39 is 10.7 Å². The van der Waals surface area contributed by atoms with Crippen molar-refractivity contribution in [3.8, 4) is 11.4 Å². The van der Waals surface area contributed by atoms with Crippen molar-refractivity contribution in [1.29, 1.82) is 0 Å². The lowest BCUT2D eigenvalue weighted by atomic mass is 10.2. The number of aromatic nitrogens is 2. The maximum absolute atomic E-state index is 12.8. The third-order valence-electron chi connectivity index (χ3n) is 2.02. The molecule has 0 N–H and O–H groups in total. The van der Waals surface area contributed by atoms with Gasteiger partial charge in [-0.1, -0.05) is 5.16 Å². The summed E-state index contributed by atoms with van der Waals surface area (Å²) in [4.78, 5) is 1.40. The summed E-state index contributed by atoms with van der Waals surface area (Å²) in [5.74, 6) is -0.603. The van der Waals surface area contributed by atoms with Crippen LogP contribution in [0.1, 0.15) is 5.89 Å². The van der Waals surface area contributed by atoms with Crippen LogP contribution < -0.4 is 0 Å². The molecule has 0 aliphatic heterocycles. The fourth-order valence-corrected chi connectivity index (χ4v) is 1.77. The highest BCUT2D eigenvalue weighted by Crippen LogP contribution is 2.34. The second-order valence-electron chi connectivity index (χ2n) is 3.15. The van der Waals surface area contributed by atoms with Gasteiger partial charge in [-0.2, -0.15) is 13.8 Å². The zero-order valence-electron chi connectivity index (χ0n) is 8.65. The number of rotatable bonds is 3. The molecule has 0 bridgehead atoms. The zero-order chi connectivity index (χ0) is 12.5. The summed E-state index contributed by atoms with van der Waals surface area (Å²) in [6, 6.07) is 7.24. The van der Waals surface area contributed by atoms with Gasteiger partial charge in [-0.15, -0.1) is 11.8 Å². The highest BCUT2D eigenvalue weighted by molar-refractivity contribution is 9.09. The predicted molar refractivity (Wildman–Crippen MR) is 64.3 cm³/mol. The summed E-state index contributed by atoms with van der Waals surface area (Å²) in [5, 5.41) is 3.51. The Bertz CT molecular complexity index is 510. The van der Waals surface area contributed by atoms with E-state index in [2.05, 4.69) is 30.6 Å². The molecule has 0 saturated carbocycles. The summed E-state index contributed by atoms with van der Waals surface area (Å²) in [6.07, 6.45) is 1.95. The van der Waals surface area contributed by atoms with Gasteiger partial charge in [-0.05, 0) is 30.5 Å². The summed E-state index contributed by atoms with van der Waals surface area (Å²) in [6.45, 7) is 0. The molecule has 1 aromatic carbocycles. The molecule has 0 atom stereocenters. The average Bonchev–Trinajstić information content (AvgIpc) is 2.78. The second-order valence-corrected chi connectivity index (χ2v) is 5.02. The maximum atomic E-state index is 12.8.